The highest BCUT2D eigenvalue weighted by atomic mass is 32.2. The molecule has 1 aliphatic rings. The van der Waals surface area contributed by atoms with Crippen LogP contribution in [0.3, 0.4) is 0 Å². The van der Waals surface area contributed by atoms with Gasteiger partial charge in [-0.25, -0.2) is 0 Å². The first kappa shape index (κ1) is 27.1. The second-order valence-electron chi connectivity index (χ2n) is 7.92. The van der Waals surface area contributed by atoms with Crippen molar-refractivity contribution in [2.75, 3.05) is 18.8 Å². The molecule has 1 aromatic carbocycles. The molecule has 1 heterocycles. The number of hydrogen-bond acceptors (Lipinski definition) is 7. The van der Waals surface area contributed by atoms with Crippen molar-refractivity contribution in [2.24, 2.45) is 11.7 Å². The maximum Gasteiger partial charge on any atom is 0.322 e. The van der Waals surface area contributed by atoms with Crippen molar-refractivity contribution in [3.8, 4) is 0 Å². The molecule has 1 aliphatic heterocycles. The van der Waals surface area contributed by atoms with Crippen LogP contribution >= 0.6 is 11.8 Å². The number of carboxylic acids is 2. The summed E-state index contributed by atoms with van der Waals surface area (Å²) in [7, 11) is 0. The fourth-order valence-corrected chi connectivity index (χ4v) is 4.99. The number of nitrogens with one attached hydrogen (secondary N) is 3. The average Bonchev–Trinajstić information content (AvgIpc) is 2.81. The zero-order valence-corrected chi connectivity index (χ0v) is 19.4. The molecule has 0 bridgehead atoms. The van der Waals surface area contributed by atoms with E-state index < -0.39 is 42.4 Å². The van der Waals surface area contributed by atoms with Gasteiger partial charge in [0.2, 0.25) is 17.7 Å². The SMILES string of the molecule is N[C@H](CCC(=O)N[C@@H](CSC(c1ccccc1)C1CCCNC1=O)C(=O)NCC(=O)O)C(=O)O. The van der Waals surface area contributed by atoms with Gasteiger partial charge in [0, 0.05) is 24.0 Å². The van der Waals surface area contributed by atoms with Crippen LogP contribution in [0.15, 0.2) is 30.3 Å². The molecule has 0 aliphatic carbocycles. The molecule has 1 saturated heterocycles. The number of carbonyl (C=O) groups is 5. The Bertz CT molecular complexity index is 883. The van der Waals surface area contributed by atoms with Gasteiger partial charge < -0.3 is 31.9 Å². The van der Waals surface area contributed by atoms with E-state index in [4.69, 9.17) is 15.9 Å². The first-order valence-corrected chi connectivity index (χ1v) is 12.0. The number of nitrogens with two attached hydrogens (primary N) is 1. The zero-order valence-electron chi connectivity index (χ0n) is 18.6. The summed E-state index contributed by atoms with van der Waals surface area (Å²) in [6.07, 6.45) is 1.16. The van der Waals surface area contributed by atoms with Crippen LogP contribution in [-0.4, -0.2) is 70.8 Å². The molecule has 0 radical (unpaired) electrons. The molecule has 1 fully saturated rings. The van der Waals surface area contributed by atoms with Gasteiger partial charge in [0.15, 0.2) is 0 Å². The first-order valence-electron chi connectivity index (χ1n) is 10.9. The predicted molar refractivity (Wildman–Crippen MR) is 125 cm³/mol. The zero-order chi connectivity index (χ0) is 25.1. The Balaban J connectivity index is 2.13. The Kier molecular flexibility index (Phi) is 10.8. The van der Waals surface area contributed by atoms with Gasteiger partial charge in [-0.15, -0.1) is 0 Å². The van der Waals surface area contributed by atoms with Gasteiger partial charge in [-0.1, -0.05) is 30.3 Å². The smallest absolute Gasteiger partial charge is 0.322 e. The molecular formula is C22H30N4O7S. The second-order valence-corrected chi connectivity index (χ2v) is 9.09. The van der Waals surface area contributed by atoms with Crippen LogP contribution in [0.5, 0.6) is 0 Å². The minimum atomic E-state index is -1.24. The van der Waals surface area contributed by atoms with Gasteiger partial charge in [0.05, 0.1) is 5.92 Å². The van der Waals surface area contributed by atoms with Crippen LogP contribution < -0.4 is 21.7 Å². The molecule has 11 nitrogen and oxygen atoms in total. The van der Waals surface area contributed by atoms with E-state index in [2.05, 4.69) is 16.0 Å². The largest absolute Gasteiger partial charge is 0.480 e. The van der Waals surface area contributed by atoms with E-state index >= 15 is 0 Å². The quantitative estimate of drug-likeness (QED) is 0.217. The molecule has 2 rings (SSSR count). The van der Waals surface area contributed by atoms with Crippen LogP contribution in [0.4, 0.5) is 0 Å². The van der Waals surface area contributed by atoms with Crippen LogP contribution in [-0.2, 0) is 24.0 Å². The molecule has 0 saturated carbocycles. The number of carboxylic acid groups (broad SMARTS) is 2. The minimum Gasteiger partial charge on any atom is -0.480 e. The minimum absolute atomic E-state index is 0.0749. The molecule has 4 atom stereocenters. The maximum atomic E-state index is 12.6. The normalized spacial score (nSPS) is 18.1. The summed E-state index contributed by atoms with van der Waals surface area (Å²) in [6, 6.07) is 7.05. The van der Waals surface area contributed by atoms with Crippen molar-refractivity contribution >= 4 is 41.4 Å². The summed E-state index contributed by atoms with van der Waals surface area (Å²) in [6.45, 7) is -0.0107. The van der Waals surface area contributed by atoms with Crippen molar-refractivity contribution in [3.05, 3.63) is 35.9 Å². The molecular weight excluding hydrogens is 464 g/mol. The molecule has 186 valence electrons. The number of thioether (sulfide) groups is 1. The number of hydrogen-bond donors (Lipinski definition) is 6. The van der Waals surface area contributed by atoms with Gasteiger partial charge in [0.25, 0.3) is 0 Å². The molecule has 7 N–H and O–H groups in total. The van der Waals surface area contributed by atoms with Crippen molar-refractivity contribution in [2.45, 2.75) is 43.0 Å². The number of amides is 3. The lowest BCUT2D eigenvalue weighted by Gasteiger charge is -2.30. The van der Waals surface area contributed by atoms with Crippen LogP contribution in [0.1, 0.15) is 36.5 Å². The topological polar surface area (TPSA) is 188 Å². The van der Waals surface area contributed by atoms with E-state index in [0.717, 1.165) is 12.0 Å². The molecule has 3 amide bonds. The maximum absolute atomic E-state index is 12.6. The van der Waals surface area contributed by atoms with Crippen molar-refractivity contribution in [1.82, 2.24) is 16.0 Å². The number of piperidine rings is 1. The summed E-state index contributed by atoms with van der Waals surface area (Å²) in [4.78, 5) is 59.3. The third kappa shape index (κ3) is 8.67. The third-order valence-corrected chi connectivity index (χ3v) is 6.81. The van der Waals surface area contributed by atoms with Crippen molar-refractivity contribution in [1.29, 1.82) is 0 Å². The Morgan fingerprint density at radius 3 is 2.50 bits per heavy atom. The van der Waals surface area contributed by atoms with Crippen molar-refractivity contribution < 1.29 is 34.2 Å². The molecule has 0 aromatic heterocycles. The lowest BCUT2D eigenvalue weighted by molar-refractivity contribution is -0.139. The standard InChI is InChI=1S/C22H30N4O7S/c23-15(22(32)33)8-9-17(27)26-16(21(31)25-11-18(28)29)12-34-19(13-5-2-1-3-6-13)14-7-4-10-24-20(14)30/h1-3,5-6,14-16,19H,4,7-12,23H2,(H,24,30)(H,25,31)(H,26,27)(H,28,29)(H,32,33)/t14?,15-,16+,19?/m1/s1. The molecule has 12 heteroatoms. The predicted octanol–water partition coefficient (Wildman–Crippen LogP) is -0.135. The third-order valence-electron chi connectivity index (χ3n) is 5.33. The van der Waals surface area contributed by atoms with E-state index in [0.29, 0.717) is 13.0 Å². The summed E-state index contributed by atoms with van der Waals surface area (Å²) in [5.74, 6) is -4.08. The monoisotopic (exact) mass is 494 g/mol. The van der Waals surface area contributed by atoms with Crippen LogP contribution in [0.2, 0.25) is 0 Å². The first-order chi connectivity index (χ1) is 16.2. The number of benzene rings is 1. The molecule has 34 heavy (non-hydrogen) atoms. The fraction of sp³-hybridized carbons (Fsp3) is 0.500. The Hall–Kier alpha value is -3.12. The summed E-state index contributed by atoms with van der Waals surface area (Å²) < 4.78 is 0. The van der Waals surface area contributed by atoms with Gasteiger partial charge in [-0.05, 0) is 24.8 Å². The van der Waals surface area contributed by atoms with E-state index in [9.17, 15) is 24.0 Å². The Morgan fingerprint density at radius 1 is 1.18 bits per heavy atom. The molecule has 2 unspecified atom stereocenters. The van der Waals surface area contributed by atoms with Gasteiger partial charge in [-0.3, -0.25) is 24.0 Å². The lowest BCUT2D eigenvalue weighted by atomic mass is 9.91. The number of rotatable bonds is 13. The average molecular weight is 495 g/mol. The van der Waals surface area contributed by atoms with Crippen LogP contribution in [0.25, 0.3) is 0 Å². The van der Waals surface area contributed by atoms with E-state index in [-0.39, 0.29) is 35.7 Å². The molecule has 0 spiro atoms. The highest BCUT2D eigenvalue weighted by Gasteiger charge is 2.33. The summed E-state index contributed by atoms with van der Waals surface area (Å²) >= 11 is 1.32. The van der Waals surface area contributed by atoms with Gasteiger partial charge in [-0.2, -0.15) is 11.8 Å². The highest BCUT2D eigenvalue weighted by Crippen LogP contribution is 2.39. The summed E-state index contributed by atoms with van der Waals surface area (Å²) in [5, 5.41) is 25.1. The fourth-order valence-electron chi connectivity index (χ4n) is 3.52. The second kappa shape index (κ2) is 13.6. The van der Waals surface area contributed by atoms with Gasteiger partial charge >= 0.3 is 11.9 Å². The summed E-state index contributed by atoms with van der Waals surface area (Å²) in [5.41, 5.74) is 6.33. The highest BCUT2D eigenvalue weighted by molar-refractivity contribution is 7.99. The number of carbonyl (C=O) groups excluding carboxylic acids is 3. The molecule has 1 aromatic rings. The lowest BCUT2D eigenvalue weighted by Crippen LogP contribution is -2.50. The van der Waals surface area contributed by atoms with E-state index in [1.54, 1.807) is 0 Å². The Labute approximate surface area is 201 Å². The van der Waals surface area contributed by atoms with Gasteiger partial charge in [0.1, 0.15) is 18.6 Å². The van der Waals surface area contributed by atoms with Crippen molar-refractivity contribution in [3.63, 3.8) is 0 Å². The van der Waals surface area contributed by atoms with Crippen LogP contribution in [0, 0.1) is 5.92 Å². The Morgan fingerprint density at radius 2 is 1.88 bits per heavy atom. The van der Waals surface area contributed by atoms with E-state index in [1.807, 2.05) is 30.3 Å². The number of aliphatic carboxylic acids is 2. The van der Waals surface area contributed by atoms with E-state index in [1.165, 1.54) is 11.8 Å².